The molecule has 25 heavy (non-hydrogen) atoms. The van der Waals surface area contributed by atoms with Gasteiger partial charge in [0.15, 0.2) is 0 Å². The van der Waals surface area contributed by atoms with Crippen molar-refractivity contribution in [1.82, 2.24) is 20.2 Å². The first-order chi connectivity index (χ1) is 11.8. The summed E-state index contributed by atoms with van der Waals surface area (Å²) >= 11 is 1.45. The van der Waals surface area contributed by atoms with Crippen LogP contribution in [0.5, 0.6) is 0 Å². The van der Waals surface area contributed by atoms with Crippen LogP contribution < -0.4 is 0 Å². The third-order valence-corrected chi connectivity index (χ3v) is 4.89. The van der Waals surface area contributed by atoms with Gasteiger partial charge in [0, 0.05) is 0 Å². The van der Waals surface area contributed by atoms with Gasteiger partial charge in [0.25, 0.3) is 0 Å². The van der Waals surface area contributed by atoms with E-state index in [-0.39, 0.29) is 22.4 Å². The maximum absolute atomic E-state index is 13.3. The normalized spacial score (nSPS) is 11.9. The smallest absolute Gasteiger partial charge is 0.210 e. The zero-order valence-corrected chi connectivity index (χ0v) is 15.0. The Bertz CT molecular complexity index is 793. The Morgan fingerprint density at radius 1 is 0.880 bits per heavy atom. The van der Waals surface area contributed by atoms with Gasteiger partial charge in [0.2, 0.25) is 5.16 Å². The van der Waals surface area contributed by atoms with Gasteiger partial charge in [0.1, 0.15) is 11.6 Å². The van der Waals surface area contributed by atoms with Crippen molar-refractivity contribution in [2.24, 2.45) is 0 Å². The number of thioether (sulfide) groups is 1. The monoisotopic (exact) mass is 360 g/mol. The highest BCUT2D eigenvalue weighted by molar-refractivity contribution is 7.99. The SMILES string of the molecule is CC(C)(C)n1nnnc1SC(c1ccc(F)cc1)c1ccc(F)cc1. The minimum atomic E-state index is -0.300. The Morgan fingerprint density at radius 2 is 1.36 bits per heavy atom. The van der Waals surface area contributed by atoms with Crippen molar-refractivity contribution < 1.29 is 8.78 Å². The first-order valence-electron chi connectivity index (χ1n) is 7.81. The second-order valence-electron chi connectivity index (χ2n) is 6.65. The number of nitrogens with zero attached hydrogens (tertiary/aromatic N) is 4. The van der Waals surface area contributed by atoms with Gasteiger partial charge < -0.3 is 0 Å². The molecule has 1 heterocycles. The molecule has 0 spiro atoms. The Morgan fingerprint density at radius 3 is 1.80 bits per heavy atom. The van der Waals surface area contributed by atoms with E-state index in [1.165, 1.54) is 36.0 Å². The van der Waals surface area contributed by atoms with Gasteiger partial charge in [0.05, 0.1) is 10.8 Å². The van der Waals surface area contributed by atoms with Crippen LogP contribution in [-0.4, -0.2) is 20.2 Å². The van der Waals surface area contributed by atoms with Gasteiger partial charge >= 0.3 is 0 Å². The number of rotatable bonds is 4. The fourth-order valence-electron chi connectivity index (χ4n) is 2.38. The van der Waals surface area contributed by atoms with Gasteiger partial charge in [-0.1, -0.05) is 36.0 Å². The molecule has 0 aliphatic carbocycles. The number of benzene rings is 2. The van der Waals surface area contributed by atoms with E-state index >= 15 is 0 Å². The molecule has 0 aliphatic rings. The standard InChI is InChI=1S/C18H18F2N4S/c1-18(2,3)24-17(21-22-23-24)25-16(12-4-8-14(19)9-5-12)13-6-10-15(20)11-7-13/h4-11,16H,1-3H3. The molecule has 0 saturated carbocycles. The molecule has 2 aromatic carbocycles. The average molecular weight is 360 g/mol. The van der Waals surface area contributed by atoms with Crippen LogP contribution in [0.4, 0.5) is 8.78 Å². The number of halogens is 2. The summed E-state index contributed by atoms with van der Waals surface area (Å²) in [6, 6.07) is 12.6. The first-order valence-corrected chi connectivity index (χ1v) is 8.69. The molecule has 0 N–H and O–H groups in total. The van der Waals surface area contributed by atoms with Crippen LogP contribution in [0.1, 0.15) is 37.1 Å². The van der Waals surface area contributed by atoms with Crippen LogP contribution in [0.15, 0.2) is 53.7 Å². The predicted octanol–water partition coefficient (Wildman–Crippen LogP) is 4.59. The maximum atomic E-state index is 13.3. The van der Waals surface area contributed by atoms with Gasteiger partial charge in [-0.15, -0.1) is 5.10 Å². The van der Waals surface area contributed by atoms with Crippen molar-refractivity contribution in [2.75, 3.05) is 0 Å². The minimum Gasteiger partial charge on any atom is -0.215 e. The predicted molar refractivity (Wildman–Crippen MR) is 93.3 cm³/mol. The lowest BCUT2D eigenvalue weighted by Gasteiger charge is -2.22. The Balaban J connectivity index is 2.01. The van der Waals surface area contributed by atoms with Crippen molar-refractivity contribution >= 4 is 11.8 Å². The summed E-state index contributed by atoms with van der Waals surface area (Å²) in [5.74, 6) is -0.600. The van der Waals surface area contributed by atoms with Crippen molar-refractivity contribution in [1.29, 1.82) is 0 Å². The molecule has 0 fully saturated rings. The van der Waals surface area contributed by atoms with E-state index in [9.17, 15) is 8.78 Å². The summed E-state index contributed by atoms with van der Waals surface area (Å²) in [4.78, 5) is 0. The van der Waals surface area contributed by atoms with E-state index < -0.39 is 0 Å². The molecule has 0 radical (unpaired) electrons. The minimum absolute atomic E-state index is 0.187. The van der Waals surface area contributed by atoms with Gasteiger partial charge in [-0.2, -0.15) is 0 Å². The number of hydrogen-bond acceptors (Lipinski definition) is 4. The Kier molecular flexibility index (Phi) is 4.85. The lowest BCUT2D eigenvalue weighted by molar-refractivity contribution is 0.321. The fraction of sp³-hybridized carbons (Fsp3) is 0.278. The maximum Gasteiger partial charge on any atom is 0.210 e. The second kappa shape index (κ2) is 6.92. The summed E-state index contributed by atoms with van der Waals surface area (Å²) in [6.45, 7) is 6.04. The molecular formula is C18H18F2N4S. The van der Waals surface area contributed by atoms with E-state index in [4.69, 9.17) is 0 Å². The molecule has 0 amide bonds. The zero-order chi connectivity index (χ0) is 18.0. The molecule has 1 aromatic heterocycles. The summed E-state index contributed by atoms with van der Waals surface area (Å²) < 4.78 is 28.4. The molecule has 130 valence electrons. The molecule has 7 heteroatoms. The van der Waals surface area contributed by atoms with Crippen LogP contribution in [0.25, 0.3) is 0 Å². The molecule has 0 unspecified atom stereocenters. The third kappa shape index (κ3) is 4.04. The number of tetrazole rings is 1. The lowest BCUT2D eigenvalue weighted by Crippen LogP contribution is -2.24. The van der Waals surface area contributed by atoms with Crippen LogP contribution in [-0.2, 0) is 5.54 Å². The molecule has 3 aromatic rings. The summed E-state index contributed by atoms with van der Waals surface area (Å²) in [6.07, 6.45) is 0. The van der Waals surface area contributed by atoms with E-state index in [0.717, 1.165) is 11.1 Å². The quantitative estimate of drug-likeness (QED) is 0.639. The molecule has 0 saturated heterocycles. The van der Waals surface area contributed by atoms with Crippen molar-refractivity contribution in [2.45, 2.75) is 36.7 Å². The van der Waals surface area contributed by atoms with Crippen molar-refractivity contribution in [3.05, 3.63) is 71.3 Å². The Hall–Kier alpha value is -2.28. The van der Waals surface area contributed by atoms with E-state index in [1.54, 1.807) is 28.9 Å². The van der Waals surface area contributed by atoms with Crippen molar-refractivity contribution in [3.8, 4) is 0 Å². The van der Waals surface area contributed by atoms with Gasteiger partial charge in [-0.3, -0.25) is 0 Å². The molecule has 0 atom stereocenters. The van der Waals surface area contributed by atoms with Crippen LogP contribution in [0.2, 0.25) is 0 Å². The number of aromatic nitrogens is 4. The zero-order valence-electron chi connectivity index (χ0n) is 14.1. The van der Waals surface area contributed by atoms with E-state index in [2.05, 4.69) is 15.5 Å². The topological polar surface area (TPSA) is 43.6 Å². The highest BCUT2D eigenvalue weighted by Gasteiger charge is 2.24. The molecule has 3 rings (SSSR count). The summed E-state index contributed by atoms with van der Waals surface area (Å²) in [5, 5.41) is 12.4. The molecule has 4 nitrogen and oxygen atoms in total. The third-order valence-electron chi connectivity index (χ3n) is 3.65. The average Bonchev–Trinajstić information content (AvgIpc) is 3.03. The number of hydrogen-bond donors (Lipinski definition) is 0. The second-order valence-corrected chi connectivity index (χ2v) is 7.72. The van der Waals surface area contributed by atoms with Crippen LogP contribution in [0.3, 0.4) is 0 Å². The Labute approximate surface area is 149 Å². The van der Waals surface area contributed by atoms with Crippen LogP contribution >= 0.6 is 11.8 Å². The van der Waals surface area contributed by atoms with E-state index in [1.807, 2.05) is 20.8 Å². The molecule has 0 aliphatic heterocycles. The summed E-state index contributed by atoms with van der Waals surface area (Å²) in [7, 11) is 0. The van der Waals surface area contributed by atoms with Gasteiger partial charge in [-0.05, 0) is 66.6 Å². The van der Waals surface area contributed by atoms with Crippen molar-refractivity contribution in [3.63, 3.8) is 0 Å². The van der Waals surface area contributed by atoms with E-state index in [0.29, 0.717) is 5.16 Å². The highest BCUT2D eigenvalue weighted by atomic mass is 32.2. The molecule has 0 bridgehead atoms. The molecular weight excluding hydrogens is 342 g/mol. The highest BCUT2D eigenvalue weighted by Crippen LogP contribution is 2.40. The van der Waals surface area contributed by atoms with Gasteiger partial charge in [-0.25, -0.2) is 13.5 Å². The first kappa shape index (κ1) is 17.5. The fourth-order valence-corrected chi connectivity index (χ4v) is 3.67. The lowest BCUT2D eigenvalue weighted by atomic mass is 10.0. The van der Waals surface area contributed by atoms with Crippen LogP contribution in [0, 0.1) is 11.6 Å². The summed E-state index contributed by atoms with van der Waals surface area (Å²) in [5.41, 5.74) is 1.50. The largest absolute Gasteiger partial charge is 0.215 e.